The molecule has 4 heteroatoms. The first kappa shape index (κ1) is 13.2. The number of rotatable bonds is 4. The van der Waals surface area contributed by atoms with Crippen LogP contribution in [0.4, 0.5) is 0 Å². The molecule has 3 rings (SSSR count). The Balaban J connectivity index is 1.65. The Morgan fingerprint density at radius 3 is 2.70 bits per heavy atom. The van der Waals surface area contributed by atoms with E-state index in [1.54, 1.807) is 4.90 Å². The Bertz CT molecular complexity index is 537. The number of piperazine rings is 1. The van der Waals surface area contributed by atoms with Crippen molar-refractivity contribution in [1.29, 1.82) is 0 Å². The highest BCUT2D eigenvalue weighted by Crippen LogP contribution is 2.34. The monoisotopic (exact) mass is 272 g/mol. The summed E-state index contributed by atoms with van der Waals surface area (Å²) in [6.45, 7) is 2.90. The number of benzene rings is 1. The highest BCUT2D eigenvalue weighted by molar-refractivity contribution is 5.95. The van der Waals surface area contributed by atoms with Gasteiger partial charge in [-0.1, -0.05) is 24.3 Å². The van der Waals surface area contributed by atoms with E-state index in [-0.39, 0.29) is 24.4 Å². The van der Waals surface area contributed by atoms with Crippen molar-refractivity contribution in [2.24, 2.45) is 5.92 Å². The van der Waals surface area contributed by atoms with Crippen LogP contribution in [0.15, 0.2) is 24.3 Å². The van der Waals surface area contributed by atoms with Gasteiger partial charge in [0.15, 0.2) is 0 Å². The van der Waals surface area contributed by atoms with Crippen LogP contribution in [-0.4, -0.2) is 35.8 Å². The topological polar surface area (TPSA) is 49.4 Å². The molecule has 2 fully saturated rings. The molecule has 1 N–H and O–H groups in total. The number of aryl methyl sites for hydroxylation is 1. The van der Waals surface area contributed by atoms with Gasteiger partial charge in [0.2, 0.25) is 11.8 Å². The summed E-state index contributed by atoms with van der Waals surface area (Å²) in [7, 11) is 0. The lowest BCUT2D eigenvalue weighted by atomic mass is 10.0. The molecular weight excluding hydrogens is 252 g/mol. The third kappa shape index (κ3) is 2.69. The van der Waals surface area contributed by atoms with Gasteiger partial charge in [0.05, 0.1) is 6.54 Å². The van der Waals surface area contributed by atoms with Crippen LogP contribution >= 0.6 is 0 Å². The molecule has 2 amide bonds. The van der Waals surface area contributed by atoms with Crippen molar-refractivity contribution < 1.29 is 9.59 Å². The number of nitrogens with zero attached hydrogens (tertiary/aromatic N) is 1. The normalized spacial score (nSPS) is 22.9. The Morgan fingerprint density at radius 2 is 2.00 bits per heavy atom. The molecule has 2 aliphatic rings. The highest BCUT2D eigenvalue weighted by Gasteiger charge is 2.42. The lowest BCUT2D eigenvalue weighted by molar-refractivity contribution is -0.144. The second kappa shape index (κ2) is 5.27. The molecule has 1 atom stereocenters. The minimum atomic E-state index is -0.270. The Labute approximate surface area is 119 Å². The van der Waals surface area contributed by atoms with Crippen LogP contribution in [-0.2, 0) is 16.0 Å². The summed E-state index contributed by atoms with van der Waals surface area (Å²) in [4.78, 5) is 25.8. The number of hydrogen-bond acceptors (Lipinski definition) is 2. The number of carbonyl (C=O) groups is 2. The van der Waals surface area contributed by atoms with Crippen molar-refractivity contribution in [1.82, 2.24) is 10.2 Å². The summed E-state index contributed by atoms with van der Waals surface area (Å²) in [5, 5.41) is 2.84. The molecule has 1 unspecified atom stereocenters. The zero-order chi connectivity index (χ0) is 14.1. The Morgan fingerprint density at radius 1 is 1.25 bits per heavy atom. The molecule has 0 bridgehead atoms. The maximum absolute atomic E-state index is 12.4. The van der Waals surface area contributed by atoms with Crippen LogP contribution < -0.4 is 5.32 Å². The minimum absolute atomic E-state index is 0.0220. The molecule has 1 saturated carbocycles. The van der Waals surface area contributed by atoms with Crippen molar-refractivity contribution in [2.45, 2.75) is 32.2 Å². The SMILES string of the molecule is Cc1ccccc1CCN1CC(=O)NC(C2CC2)C1=O. The van der Waals surface area contributed by atoms with Crippen molar-refractivity contribution in [2.75, 3.05) is 13.1 Å². The first-order valence-electron chi connectivity index (χ1n) is 7.28. The molecule has 0 aromatic heterocycles. The molecule has 1 aromatic rings. The summed E-state index contributed by atoms with van der Waals surface area (Å²) in [5.74, 6) is 0.444. The fraction of sp³-hybridized carbons (Fsp3) is 0.500. The first-order valence-corrected chi connectivity index (χ1v) is 7.28. The summed E-state index contributed by atoms with van der Waals surface area (Å²) < 4.78 is 0. The van der Waals surface area contributed by atoms with Gasteiger partial charge < -0.3 is 10.2 Å². The van der Waals surface area contributed by atoms with Gasteiger partial charge in [-0.3, -0.25) is 9.59 Å². The van der Waals surface area contributed by atoms with Gasteiger partial charge in [-0.05, 0) is 43.2 Å². The van der Waals surface area contributed by atoms with E-state index in [0.29, 0.717) is 12.5 Å². The zero-order valence-corrected chi connectivity index (χ0v) is 11.8. The average Bonchev–Trinajstić information content (AvgIpc) is 3.25. The quantitative estimate of drug-likeness (QED) is 0.897. The highest BCUT2D eigenvalue weighted by atomic mass is 16.2. The third-order valence-corrected chi connectivity index (χ3v) is 4.23. The van der Waals surface area contributed by atoms with E-state index >= 15 is 0 Å². The molecule has 0 spiro atoms. The predicted octanol–water partition coefficient (Wildman–Crippen LogP) is 1.27. The van der Waals surface area contributed by atoms with Crippen LogP contribution in [0, 0.1) is 12.8 Å². The van der Waals surface area contributed by atoms with Crippen LogP contribution in [0.1, 0.15) is 24.0 Å². The van der Waals surface area contributed by atoms with Gasteiger partial charge in [0, 0.05) is 6.54 Å². The van der Waals surface area contributed by atoms with Gasteiger partial charge in [0.25, 0.3) is 0 Å². The van der Waals surface area contributed by atoms with Crippen molar-refractivity contribution in [3.63, 3.8) is 0 Å². The number of carbonyl (C=O) groups excluding carboxylic acids is 2. The van der Waals surface area contributed by atoms with E-state index in [0.717, 1.165) is 19.3 Å². The van der Waals surface area contributed by atoms with E-state index < -0.39 is 0 Å². The lowest BCUT2D eigenvalue weighted by Gasteiger charge is -2.32. The average molecular weight is 272 g/mol. The first-order chi connectivity index (χ1) is 9.65. The smallest absolute Gasteiger partial charge is 0.245 e. The van der Waals surface area contributed by atoms with Gasteiger partial charge in [0.1, 0.15) is 6.04 Å². The van der Waals surface area contributed by atoms with Crippen LogP contribution in [0.25, 0.3) is 0 Å². The molecule has 0 radical (unpaired) electrons. The minimum Gasteiger partial charge on any atom is -0.342 e. The Hall–Kier alpha value is -1.84. The number of hydrogen-bond donors (Lipinski definition) is 1. The molecule has 4 nitrogen and oxygen atoms in total. The van der Waals surface area contributed by atoms with Crippen LogP contribution in [0.2, 0.25) is 0 Å². The fourth-order valence-corrected chi connectivity index (χ4v) is 2.81. The second-order valence-corrected chi connectivity index (χ2v) is 5.82. The van der Waals surface area contributed by atoms with E-state index in [4.69, 9.17) is 0 Å². The van der Waals surface area contributed by atoms with Crippen LogP contribution in [0.5, 0.6) is 0 Å². The standard InChI is InChI=1S/C16H20N2O2/c1-11-4-2-3-5-12(11)8-9-18-10-14(19)17-15(16(18)20)13-6-7-13/h2-5,13,15H,6-10H2,1H3,(H,17,19). The van der Waals surface area contributed by atoms with E-state index in [1.165, 1.54) is 11.1 Å². The summed E-state index contributed by atoms with van der Waals surface area (Å²) in [6.07, 6.45) is 2.92. The van der Waals surface area contributed by atoms with Gasteiger partial charge >= 0.3 is 0 Å². The molecular formula is C16H20N2O2. The second-order valence-electron chi connectivity index (χ2n) is 5.82. The molecule has 1 heterocycles. The largest absolute Gasteiger partial charge is 0.342 e. The molecule has 1 aliphatic carbocycles. The summed E-state index contributed by atoms with van der Waals surface area (Å²) in [6, 6.07) is 7.92. The lowest BCUT2D eigenvalue weighted by Crippen LogP contribution is -2.59. The van der Waals surface area contributed by atoms with Crippen LogP contribution in [0.3, 0.4) is 0 Å². The molecule has 1 aliphatic heterocycles. The molecule has 106 valence electrons. The third-order valence-electron chi connectivity index (χ3n) is 4.23. The molecule has 20 heavy (non-hydrogen) atoms. The molecule has 1 aromatic carbocycles. The van der Waals surface area contributed by atoms with E-state index in [2.05, 4.69) is 24.4 Å². The number of amides is 2. The fourth-order valence-electron chi connectivity index (χ4n) is 2.81. The van der Waals surface area contributed by atoms with Crippen molar-refractivity contribution in [3.05, 3.63) is 35.4 Å². The van der Waals surface area contributed by atoms with Crippen molar-refractivity contribution in [3.8, 4) is 0 Å². The summed E-state index contributed by atoms with van der Waals surface area (Å²) >= 11 is 0. The summed E-state index contributed by atoms with van der Waals surface area (Å²) in [5.41, 5.74) is 2.48. The molecule has 1 saturated heterocycles. The van der Waals surface area contributed by atoms with E-state index in [9.17, 15) is 9.59 Å². The zero-order valence-electron chi connectivity index (χ0n) is 11.8. The Kier molecular flexibility index (Phi) is 3.47. The van der Waals surface area contributed by atoms with Gasteiger partial charge in [-0.15, -0.1) is 0 Å². The maximum atomic E-state index is 12.4. The maximum Gasteiger partial charge on any atom is 0.245 e. The number of nitrogens with one attached hydrogen (secondary N) is 1. The van der Waals surface area contributed by atoms with Crippen molar-refractivity contribution >= 4 is 11.8 Å². The van der Waals surface area contributed by atoms with E-state index in [1.807, 2.05) is 12.1 Å². The van der Waals surface area contributed by atoms with Gasteiger partial charge in [-0.2, -0.15) is 0 Å². The predicted molar refractivity (Wildman–Crippen MR) is 76.1 cm³/mol. The van der Waals surface area contributed by atoms with Gasteiger partial charge in [-0.25, -0.2) is 0 Å².